The molecule has 3 rings (SSSR count). The predicted octanol–water partition coefficient (Wildman–Crippen LogP) is 3.79. The molecule has 0 fully saturated rings. The minimum absolute atomic E-state index is 0.411. The maximum atomic E-state index is 6.40. The Hall–Kier alpha value is -2.86. The van der Waals surface area contributed by atoms with Crippen LogP contribution in [-0.4, -0.2) is 27.7 Å². The number of aromatic nitrogens is 3. The molecule has 0 unspecified atom stereocenters. The summed E-state index contributed by atoms with van der Waals surface area (Å²) in [5.74, 6) is 1.10. The van der Waals surface area contributed by atoms with E-state index in [0.29, 0.717) is 29.7 Å². The molecule has 0 atom stereocenters. The second-order valence-electron chi connectivity index (χ2n) is 5.12. The van der Waals surface area contributed by atoms with Crippen LogP contribution < -0.4 is 9.47 Å². The molecule has 128 valence electrons. The molecule has 0 saturated heterocycles. The molecule has 0 aliphatic carbocycles. The molecule has 0 radical (unpaired) electrons. The van der Waals surface area contributed by atoms with Crippen molar-refractivity contribution in [1.82, 2.24) is 14.9 Å². The minimum Gasteiger partial charge on any atom is -0.490 e. The summed E-state index contributed by atoms with van der Waals surface area (Å²) in [6.07, 6.45) is 4.65. The van der Waals surface area contributed by atoms with Crippen LogP contribution in [0.3, 0.4) is 0 Å². The lowest BCUT2D eigenvalue weighted by molar-refractivity contribution is 0.269. The molecule has 2 aromatic carbocycles. The Labute approximate surface area is 150 Å². The number of halogens is 1. The fourth-order valence-electron chi connectivity index (χ4n) is 2.18. The van der Waals surface area contributed by atoms with E-state index in [1.807, 2.05) is 43.3 Å². The molecule has 0 amide bonds. The van der Waals surface area contributed by atoms with Crippen molar-refractivity contribution in [1.29, 1.82) is 0 Å². The van der Waals surface area contributed by atoms with Crippen molar-refractivity contribution in [3.8, 4) is 11.5 Å². The van der Waals surface area contributed by atoms with Crippen molar-refractivity contribution in [3.05, 3.63) is 71.3 Å². The second kappa shape index (κ2) is 8.30. The Kier molecular flexibility index (Phi) is 5.64. The van der Waals surface area contributed by atoms with Gasteiger partial charge in [-0.3, -0.25) is 0 Å². The average molecular weight is 357 g/mol. The van der Waals surface area contributed by atoms with E-state index in [1.54, 1.807) is 12.3 Å². The summed E-state index contributed by atoms with van der Waals surface area (Å²) in [7, 11) is 0. The van der Waals surface area contributed by atoms with E-state index in [9.17, 15) is 0 Å². The minimum atomic E-state index is 0.411. The summed E-state index contributed by atoms with van der Waals surface area (Å²) in [6, 6.07) is 13.5. The number of hydrogen-bond acceptors (Lipinski definition) is 5. The van der Waals surface area contributed by atoms with Crippen molar-refractivity contribution >= 4 is 17.8 Å². The van der Waals surface area contributed by atoms with Crippen LogP contribution in [0.15, 0.2) is 60.2 Å². The van der Waals surface area contributed by atoms with Gasteiger partial charge in [-0.05, 0) is 30.2 Å². The summed E-state index contributed by atoms with van der Waals surface area (Å²) in [5, 5.41) is 12.1. The molecule has 3 aromatic rings. The molecule has 0 saturated carbocycles. The van der Waals surface area contributed by atoms with Gasteiger partial charge in [0.15, 0.2) is 11.5 Å². The topological polar surface area (TPSA) is 61.5 Å². The van der Waals surface area contributed by atoms with Crippen LogP contribution in [0.1, 0.15) is 18.1 Å². The monoisotopic (exact) mass is 356 g/mol. The standard InChI is InChI=1S/C18H17ClN4O2/c1-2-24-17-9-15(10-22-23-12-20-21-13-23)8-16(19)18(17)25-11-14-6-4-3-5-7-14/h3-10,12-13H,2,11H2,1H3/b22-10+. The van der Waals surface area contributed by atoms with Crippen LogP contribution in [0.5, 0.6) is 11.5 Å². The SMILES string of the molecule is CCOc1cc(/C=N/n2cnnc2)cc(Cl)c1OCc1ccccc1. The van der Waals surface area contributed by atoms with E-state index in [0.717, 1.165) is 11.1 Å². The fraction of sp³-hybridized carbons (Fsp3) is 0.167. The molecule has 0 N–H and O–H groups in total. The Morgan fingerprint density at radius 2 is 1.88 bits per heavy atom. The molecular formula is C18H17ClN4O2. The van der Waals surface area contributed by atoms with Crippen molar-refractivity contribution in [3.63, 3.8) is 0 Å². The number of benzene rings is 2. The van der Waals surface area contributed by atoms with E-state index in [-0.39, 0.29) is 0 Å². The van der Waals surface area contributed by atoms with Gasteiger partial charge in [0.25, 0.3) is 0 Å². The van der Waals surface area contributed by atoms with Crippen LogP contribution in [0, 0.1) is 0 Å². The molecule has 6 nitrogen and oxygen atoms in total. The summed E-state index contributed by atoms with van der Waals surface area (Å²) < 4.78 is 13.1. The van der Waals surface area contributed by atoms with Gasteiger partial charge in [0.2, 0.25) is 0 Å². The van der Waals surface area contributed by atoms with Crippen molar-refractivity contribution < 1.29 is 9.47 Å². The first-order valence-electron chi connectivity index (χ1n) is 7.78. The van der Waals surface area contributed by atoms with Gasteiger partial charge >= 0.3 is 0 Å². The highest BCUT2D eigenvalue weighted by Gasteiger charge is 2.12. The van der Waals surface area contributed by atoms with Gasteiger partial charge in [0, 0.05) is 0 Å². The zero-order valence-electron chi connectivity index (χ0n) is 13.7. The Morgan fingerprint density at radius 1 is 1.12 bits per heavy atom. The first-order chi connectivity index (χ1) is 12.3. The number of nitrogens with zero attached hydrogens (tertiary/aromatic N) is 4. The second-order valence-corrected chi connectivity index (χ2v) is 5.53. The Bertz CT molecular complexity index is 836. The fourth-order valence-corrected chi connectivity index (χ4v) is 2.46. The average Bonchev–Trinajstić information content (AvgIpc) is 3.14. The zero-order valence-corrected chi connectivity index (χ0v) is 14.4. The molecule has 25 heavy (non-hydrogen) atoms. The maximum absolute atomic E-state index is 6.40. The molecule has 7 heteroatoms. The molecule has 1 aromatic heterocycles. The predicted molar refractivity (Wildman–Crippen MR) is 96.4 cm³/mol. The number of ether oxygens (including phenoxy) is 2. The highest BCUT2D eigenvalue weighted by Crippen LogP contribution is 2.36. The normalized spacial score (nSPS) is 11.0. The van der Waals surface area contributed by atoms with E-state index in [2.05, 4.69) is 15.3 Å². The first kappa shape index (κ1) is 17.0. The molecule has 0 spiro atoms. The Morgan fingerprint density at radius 3 is 2.60 bits per heavy atom. The van der Waals surface area contributed by atoms with Gasteiger partial charge in [-0.25, -0.2) is 4.68 Å². The Balaban J connectivity index is 1.82. The van der Waals surface area contributed by atoms with Gasteiger partial charge < -0.3 is 9.47 Å². The maximum Gasteiger partial charge on any atom is 0.180 e. The molecule has 0 aliphatic heterocycles. The van der Waals surface area contributed by atoms with Gasteiger partial charge in [-0.2, -0.15) is 5.10 Å². The van der Waals surface area contributed by atoms with Crippen molar-refractivity contribution in [2.75, 3.05) is 6.61 Å². The highest BCUT2D eigenvalue weighted by molar-refractivity contribution is 6.32. The quantitative estimate of drug-likeness (QED) is 0.604. The van der Waals surface area contributed by atoms with Gasteiger partial charge in [-0.1, -0.05) is 41.9 Å². The van der Waals surface area contributed by atoms with Gasteiger partial charge in [-0.15, -0.1) is 10.2 Å². The van der Waals surface area contributed by atoms with E-state index >= 15 is 0 Å². The lowest BCUT2D eigenvalue weighted by atomic mass is 10.2. The number of hydrogen-bond donors (Lipinski definition) is 0. The lowest BCUT2D eigenvalue weighted by Gasteiger charge is -2.14. The first-order valence-corrected chi connectivity index (χ1v) is 8.16. The third-order valence-electron chi connectivity index (χ3n) is 3.30. The highest BCUT2D eigenvalue weighted by atomic mass is 35.5. The lowest BCUT2D eigenvalue weighted by Crippen LogP contribution is -2.01. The smallest absolute Gasteiger partial charge is 0.180 e. The van der Waals surface area contributed by atoms with Crippen LogP contribution in [0.4, 0.5) is 0 Å². The van der Waals surface area contributed by atoms with Crippen LogP contribution in [-0.2, 0) is 6.61 Å². The summed E-state index contributed by atoms with van der Waals surface area (Å²) in [6.45, 7) is 2.83. The van der Waals surface area contributed by atoms with Crippen molar-refractivity contribution in [2.45, 2.75) is 13.5 Å². The van der Waals surface area contributed by atoms with Crippen LogP contribution in [0.2, 0.25) is 5.02 Å². The van der Waals surface area contributed by atoms with E-state index < -0.39 is 0 Å². The van der Waals surface area contributed by atoms with E-state index in [1.165, 1.54) is 17.3 Å². The largest absolute Gasteiger partial charge is 0.490 e. The van der Waals surface area contributed by atoms with Crippen molar-refractivity contribution in [2.24, 2.45) is 5.10 Å². The zero-order chi connectivity index (χ0) is 17.5. The summed E-state index contributed by atoms with van der Waals surface area (Å²) >= 11 is 6.40. The van der Waals surface area contributed by atoms with Crippen LogP contribution in [0.25, 0.3) is 0 Å². The van der Waals surface area contributed by atoms with Gasteiger partial charge in [0.05, 0.1) is 17.8 Å². The molecule has 1 heterocycles. The van der Waals surface area contributed by atoms with Crippen LogP contribution >= 0.6 is 11.6 Å². The number of rotatable bonds is 7. The third kappa shape index (κ3) is 4.58. The summed E-state index contributed by atoms with van der Waals surface area (Å²) in [4.78, 5) is 0. The third-order valence-corrected chi connectivity index (χ3v) is 3.59. The molecule has 0 bridgehead atoms. The summed E-state index contributed by atoms with van der Waals surface area (Å²) in [5.41, 5.74) is 1.84. The molecular weight excluding hydrogens is 340 g/mol. The molecule has 0 aliphatic rings. The van der Waals surface area contributed by atoms with Gasteiger partial charge in [0.1, 0.15) is 19.3 Å². The van der Waals surface area contributed by atoms with E-state index in [4.69, 9.17) is 21.1 Å².